The lowest BCUT2D eigenvalue weighted by Gasteiger charge is -2.26. The molecule has 2 fully saturated rings. The Hall–Kier alpha value is -1.62. The van der Waals surface area contributed by atoms with E-state index in [0.717, 1.165) is 6.29 Å². The first-order valence-electron chi connectivity index (χ1n) is 6.28. The number of rotatable bonds is 2. The maximum absolute atomic E-state index is 10.6. The summed E-state index contributed by atoms with van der Waals surface area (Å²) in [5.41, 5.74) is 1.96. The van der Waals surface area contributed by atoms with Gasteiger partial charge in [-0.05, 0) is 36.7 Å². The van der Waals surface area contributed by atoms with Gasteiger partial charge >= 0.3 is 0 Å². The molecule has 0 aliphatic heterocycles. The molecule has 2 nitrogen and oxygen atoms in total. The van der Waals surface area contributed by atoms with E-state index in [9.17, 15) is 10.1 Å². The summed E-state index contributed by atoms with van der Waals surface area (Å²) < 4.78 is 0. The highest BCUT2D eigenvalue weighted by molar-refractivity contribution is 5.74. The summed E-state index contributed by atoms with van der Waals surface area (Å²) in [6.07, 6.45) is 4.58. The van der Waals surface area contributed by atoms with E-state index in [1.54, 1.807) is 0 Å². The van der Waals surface area contributed by atoms with Crippen LogP contribution in [0.3, 0.4) is 0 Å². The fourth-order valence-electron chi connectivity index (χ4n) is 3.75. The van der Waals surface area contributed by atoms with Crippen LogP contribution in [0, 0.1) is 29.1 Å². The Labute approximate surface area is 101 Å². The minimum absolute atomic E-state index is 0.191. The van der Waals surface area contributed by atoms with E-state index < -0.39 is 0 Å². The van der Waals surface area contributed by atoms with Gasteiger partial charge in [0.1, 0.15) is 6.29 Å². The van der Waals surface area contributed by atoms with Crippen LogP contribution in [-0.2, 0) is 0 Å². The molecule has 2 saturated carbocycles. The van der Waals surface area contributed by atoms with Crippen LogP contribution >= 0.6 is 0 Å². The number of fused-ring (bicyclic) bond motifs is 2. The second-order valence-corrected chi connectivity index (χ2v) is 5.30. The lowest BCUT2D eigenvalue weighted by molar-refractivity contribution is 0.112. The number of carbonyl (C=O) groups excluding carboxylic acids is 1. The quantitative estimate of drug-likeness (QED) is 0.725. The summed E-state index contributed by atoms with van der Waals surface area (Å²) in [5, 5.41) is 9.31. The predicted molar refractivity (Wildman–Crippen MR) is 64.5 cm³/mol. The highest BCUT2D eigenvalue weighted by Gasteiger charge is 2.48. The lowest BCUT2D eigenvalue weighted by atomic mass is 9.76. The first-order chi connectivity index (χ1) is 8.33. The van der Waals surface area contributed by atoms with E-state index >= 15 is 0 Å². The van der Waals surface area contributed by atoms with Gasteiger partial charge in [-0.25, -0.2) is 0 Å². The van der Waals surface area contributed by atoms with Gasteiger partial charge in [0.2, 0.25) is 0 Å². The third kappa shape index (κ3) is 1.58. The molecule has 0 amide bonds. The van der Waals surface area contributed by atoms with Crippen molar-refractivity contribution in [2.45, 2.75) is 25.2 Å². The van der Waals surface area contributed by atoms with Crippen molar-refractivity contribution < 1.29 is 4.79 Å². The van der Waals surface area contributed by atoms with E-state index in [0.29, 0.717) is 23.3 Å². The molecule has 0 spiro atoms. The van der Waals surface area contributed by atoms with Crippen molar-refractivity contribution in [3.8, 4) is 6.07 Å². The van der Waals surface area contributed by atoms with Crippen LogP contribution in [0.1, 0.15) is 41.1 Å². The Balaban J connectivity index is 1.92. The molecule has 2 heteroatoms. The van der Waals surface area contributed by atoms with Crippen molar-refractivity contribution in [3.63, 3.8) is 0 Å². The highest BCUT2D eigenvalue weighted by atomic mass is 16.1. The van der Waals surface area contributed by atoms with Crippen LogP contribution in [0.15, 0.2) is 24.3 Å². The molecule has 0 aromatic heterocycles. The number of hydrogen-bond acceptors (Lipinski definition) is 2. The molecule has 4 atom stereocenters. The molecule has 0 unspecified atom stereocenters. The van der Waals surface area contributed by atoms with Crippen LogP contribution in [0.25, 0.3) is 0 Å². The molecule has 0 saturated heterocycles. The van der Waals surface area contributed by atoms with Crippen molar-refractivity contribution in [3.05, 3.63) is 35.4 Å². The van der Waals surface area contributed by atoms with Gasteiger partial charge in [-0.3, -0.25) is 4.79 Å². The third-order valence-electron chi connectivity index (χ3n) is 4.52. The Kier molecular flexibility index (Phi) is 2.48. The fourth-order valence-corrected chi connectivity index (χ4v) is 3.75. The first-order valence-corrected chi connectivity index (χ1v) is 6.28. The summed E-state index contributed by atoms with van der Waals surface area (Å²) in [6, 6.07) is 10.3. The zero-order valence-corrected chi connectivity index (χ0v) is 9.67. The zero-order chi connectivity index (χ0) is 11.8. The lowest BCUT2D eigenvalue weighted by Crippen LogP contribution is -2.19. The SMILES string of the molecule is N#C[C@H]1[C@@H]2CC[C@@H](C2)[C@H]1c1ccc(C=O)cc1. The van der Waals surface area contributed by atoms with E-state index in [4.69, 9.17) is 0 Å². The average molecular weight is 225 g/mol. The van der Waals surface area contributed by atoms with Gasteiger partial charge in [0.05, 0.1) is 12.0 Å². The number of nitrogens with zero attached hydrogens (tertiary/aromatic N) is 1. The second kappa shape index (κ2) is 4.00. The van der Waals surface area contributed by atoms with E-state index in [1.807, 2.05) is 24.3 Å². The van der Waals surface area contributed by atoms with Gasteiger partial charge in [0, 0.05) is 11.5 Å². The Morgan fingerprint density at radius 1 is 1.18 bits per heavy atom. The smallest absolute Gasteiger partial charge is 0.150 e. The standard InChI is InChI=1S/C15H15NO/c16-8-14-12-5-6-13(7-12)15(14)11-3-1-10(9-17)2-4-11/h1-4,9,12-15H,5-7H2/t12-,13+,14+,15-/m1/s1. The molecule has 2 aliphatic carbocycles. The van der Waals surface area contributed by atoms with Crippen molar-refractivity contribution in [2.75, 3.05) is 0 Å². The maximum Gasteiger partial charge on any atom is 0.150 e. The van der Waals surface area contributed by atoms with Gasteiger partial charge in [0.15, 0.2) is 0 Å². The van der Waals surface area contributed by atoms with Crippen molar-refractivity contribution >= 4 is 6.29 Å². The second-order valence-electron chi connectivity index (χ2n) is 5.30. The molecule has 17 heavy (non-hydrogen) atoms. The maximum atomic E-state index is 10.6. The molecule has 0 N–H and O–H groups in total. The topological polar surface area (TPSA) is 40.9 Å². The van der Waals surface area contributed by atoms with Crippen LogP contribution in [-0.4, -0.2) is 6.29 Å². The first kappa shape index (κ1) is 10.5. The number of nitriles is 1. The summed E-state index contributed by atoms with van der Waals surface area (Å²) in [7, 11) is 0. The van der Waals surface area contributed by atoms with E-state index in [-0.39, 0.29) is 5.92 Å². The third-order valence-corrected chi connectivity index (χ3v) is 4.52. The molecule has 1 aromatic carbocycles. The average Bonchev–Trinajstić information content (AvgIpc) is 2.98. The van der Waals surface area contributed by atoms with Crippen LogP contribution in [0.5, 0.6) is 0 Å². The van der Waals surface area contributed by atoms with Gasteiger partial charge < -0.3 is 0 Å². The molecular weight excluding hydrogens is 210 g/mol. The Bertz CT molecular complexity index is 471. The van der Waals surface area contributed by atoms with Crippen molar-refractivity contribution in [1.82, 2.24) is 0 Å². The normalized spacial score (nSPS) is 34.5. The summed E-state index contributed by atoms with van der Waals surface area (Å²) in [4.78, 5) is 10.6. The van der Waals surface area contributed by atoms with E-state index in [2.05, 4.69) is 6.07 Å². The van der Waals surface area contributed by atoms with Gasteiger partial charge in [-0.15, -0.1) is 0 Å². The van der Waals surface area contributed by atoms with Crippen LogP contribution < -0.4 is 0 Å². The number of aldehydes is 1. The number of benzene rings is 1. The van der Waals surface area contributed by atoms with Gasteiger partial charge in [-0.2, -0.15) is 5.26 Å². The van der Waals surface area contributed by atoms with Crippen LogP contribution in [0.2, 0.25) is 0 Å². The Morgan fingerprint density at radius 3 is 2.53 bits per heavy atom. The monoisotopic (exact) mass is 225 g/mol. The molecular formula is C15H15NO. The van der Waals surface area contributed by atoms with Gasteiger partial charge in [0.25, 0.3) is 0 Å². The minimum atomic E-state index is 0.191. The molecule has 0 radical (unpaired) electrons. The summed E-state index contributed by atoms with van der Waals surface area (Å²) >= 11 is 0. The van der Waals surface area contributed by atoms with E-state index in [1.165, 1.54) is 24.8 Å². The largest absolute Gasteiger partial charge is 0.298 e. The fraction of sp³-hybridized carbons (Fsp3) is 0.467. The zero-order valence-electron chi connectivity index (χ0n) is 9.67. The summed E-state index contributed by atoms with van der Waals surface area (Å²) in [6.45, 7) is 0. The number of carbonyl (C=O) groups is 1. The molecule has 3 rings (SSSR count). The van der Waals surface area contributed by atoms with Crippen molar-refractivity contribution in [2.24, 2.45) is 17.8 Å². The molecule has 0 heterocycles. The molecule has 2 aliphatic rings. The Morgan fingerprint density at radius 2 is 1.88 bits per heavy atom. The molecule has 2 bridgehead atoms. The molecule has 86 valence electrons. The highest BCUT2D eigenvalue weighted by Crippen LogP contribution is 2.56. The van der Waals surface area contributed by atoms with Gasteiger partial charge in [-0.1, -0.05) is 24.3 Å². The summed E-state index contributed by atoms with van der Waals surface area (Å²) in [5.74, 6) is 1.89. The van der Waals surface area contributed by atoms with Crippen LogP contribution in [0.4, 0.5) is 0 Å². The minimum Gasteiger partial charge on any atom is -0.298 e. The molecule has 1 aromatic rings. The number of hydrogen-bond donors (Lipinski definition) is 0. The predicted octanol–water partition coefficient (Wildman–Crippen LogP) is 3.15. The van der Waals surface area contributed by atoms with Crippen molar-refractivity contribution in [1.29, 1.82) is 5.26 Å².